The van der Waals surface area contributed by atoms with E-state index in [1.54, 1.807) is 11.8 Å². The van der Waals surface area contributed by atoms with Gasteiger partial charge in [-0.05, 0) is 33.1 Å². The first-order chi connectivity index (χ1) is 9.62. The molecule has 1 N–H and O–H groups in total. The second-order valence-corrected chi connectivity index (χ2v) is 4.84. The number of esters is 1. The molecule has 1 amide bonds. The Bertz CT molecular complexity index is 314. The number of rotatable bonds is 6. The normalized spacial score (nSPS) is 17.6. The van der Waals surface area contributed by atoms with Crippen LogP contribution in [0.25, 0.3) is 0 Å². The van der Waals surface area contributed by atoms with Crippen LogP contribution in [0.3, 0.4) is 0 Å². The highest BCUT2D eigenvalue weighted by Crippen LogP contribution is 2.13. The molecule has 0 aromatic rings. The van der Waals surface area contributed by atoms with E-state index in [1.807, 2.05) is 13.8 Å². The third-order valence-corrected chi connectivity index (χ3v) is 3.44. The molecule has 0 aromatic heterocycles. The van der Waals surface area contributed by atoms with Gasteiger partial charge in [0.1, 0.15) is 6.04 Å². The molecule has 116 valence electrons. The van der Waals surface area contributed by atoms with Crippen LogP contribution >= 0.6 is 0 Å². The van der Waals surface area contributed by atoms with Crippen LogP contribution in [0.4, 0.5) is 4.79 Å². The van der Waals surface area contributed by atoms with E-state index in [9.17, 15) is 9.59 Å². The largest absolute Gasteiger partial charge is 0.465 e. The van der Waals surface area contributed by atoms with Crippen molar-refractivity contribution in [1.29, 1.82) is 0 Å². The third kappa shape index (κ3) is 5.00. The van der Waals surface area contributed by atoms with Gasteiger partial charge in [-0.25, -0.2) is 4.79 Å². The highest BCUT2D eigenvalue weighted by Gasteiger charge is 2.27. The predicted octanol–water partition coefficient (Wildman–Crippen LogP) is 1.54. The number of nitrogens with zero attached hydrogens (tertiary/aromatic N) is 1. The van der Waals surface area contributed by atoms with Crippen LogP contribution in [0, 0.1) is 0 Å². The van der Waals surface area contributed by atoms with Crippen molar-refractivity contribution >= 4 is 12.1 Å². The fourth-order valence-corrected chi connectivity index (χ4v) is 2.32. The van der Waals surface area contributed by atoms with Crippen LogP contribution in [-0.4, -0.2) is 55.3 Å². The average molecular weight is 286 g/mol. The Balaban J connectivity index is 2.37. The average Bonchev–Trinajstić information content (AvgIpc) is 2.45. The Morgan fingerprint density at radius 2 is 1.75 bits per heavy atom. The molecule has 1 aliphatic heterocycles. The summed E-state index contributed by atoms with van der Waals surface area (Å²) in [5, 5.41) is 3.33. The van der Waals surface area contributed by atoms with Gasteiger partial charge in [-0.1, -0.05) is 6.92 Å². The molecule has 6 heteroatoms. The van der Waals surface area contributed by atoms with E-state index >= 15 is 0 Å². The van der Waals surface area contributed by atoms with Crippen molar-refractivity contribution in [2.24, 2.45) is 0 Å². The number of piperidine rings is 1. The summed E-state index contributed by atoms with van der Waals surface area (Å²) in [7, 11) is 0. The van der Waals surface area contributed by atoms with Crippen molar-refractivity contribution in [2.45, 2.75) is 52.1 Å². The minimum absolute atomic E-state index is 0.192. The number of carbonyl (C=O) groups excluding carboxylic acids is 2. The van der Waals surface area contributed by atoms with Crippen molar-refractivity contribution in [3.8, 4) is 0 Å². The lowest BCUT2D eigenvalue weighted by molar-refractivity contribution is -0.146. The molecule has 0 bridgehead atoms. The number of hydrogen-bond acceptors (Lipinski definition) is 5. The fourth-order valence-electron chi connectivity index (χ4n) is 2.32. The lowest BCUT2D eigenvalue weighted by Crippen LogP contribution is -2.50. The third-order valence-electron chi connectivity index (χ3n) is 3.44. The summed E-state index contributed by atoms with van der Waals surface area (Å²) >= 11 is 0. The first-order valence-corrected chi connectivity index (χ1v) is 7.46. The second-order valence-electron chi connectivity index (χ2n) is 4.84. The summed E-state index contributed by atoms with van der Waals surface area (Å²) in [6.45, 7) is 7.70. The van der Waals surface area contributed by atoms with E-state index in [0.717, 1.165) is 12.8 Å². The van der Waals surface area contributed by atoms with Gasteiger partial charge < -0.3 is 19.7 Å². The molecule has 0 spiro atoms. The number of likely N-dealkylation sites (tertiary alicyclic amines) is 1. The molecular formula is C14H26N2O4. The SMILES string of the molecule is CCOC(=O)C(CC)NC1CCN(C(=O)OCC)CC1. The van der Waals surface area contributed by atoms with E-state index in [1.165, 1.54) is 0 Å². The van der Waals surface area contributed by atoms with E-state index < -0.39 is 0 Å². The Morgan fingerprint density at radius 1 is 1.15 bits per heavy atom. The summed E-state index contributed by atoms with van der Waals surface area (Å²) in [5.74, 6) is -0.192. The monoisotopic (exact) mass is 286 g/mol. The molecule has 1 saturated heterocycles. The number of nitrogens with one attached hydrogen (secondary N) is 1. The van der Waals surface area contributed by atoms with Crippen LogP contribution in [-0.2, 0) is 14.3 Å². The van der Waals surface area contributed by atoms with Crippen LogP contribution in [0.2, 0.25) is 0 Å². The fraction of sp³-hybridized carbons (Fsp3) is 0.857. The zero-order valence-corrected chi connectivity index (χ0v) is 12.7. The maximum absolute atomic E-state index is 11.7. The maximum atomic E-state index is 11.7. The molecule has 0 radical (unpaired) electrons. The quantitative estimate of drug-likeness (QED) is 0.750. The topological polar surface area (TPSA) is 67.9 Å². The van der Waals surface area contributed by atoms with Crippen molar-refractivity contribution in [2.75, 3.05) is 26.3 Å². The highest BCUT2D eigenvalue weighted by molar-refractivity contribution is 5.75. The zero-order chi connectivity index (χ0) is 15.0. The van der Waals surface area contributed by atoms with Crippen molar-refractivity contribution in [3.05, 3.63) is 0 Å². The first-order valence-electron chi connectivity index (χ1n) is 7.46. The Labute approximate surface area is 120 Å². The van der Waals surface area contributed by atoms with Gasteiger partial charge in [0, 0.05) is 19.1 Å². The molecule has 1 rings (SSSR count). The van der Waals surface area contributed by atoms with Crippen molar-refractivity contribution in [1.82, 2.24) is 10.2 Å². The van der Waals surface area contributed by atoms with Crippen LogP contribution < -0.4 is 5.32 Å². The molecular weight excluding hydrogens is 260 g/mol. The van der Waals surface area contributed by atoms with Crippen molar-refractivity contribution in [3.63, 3.8) is 0 Å². The van der Waals surface area contributed by atoms with Gasteiger partial charge in [0.15, 0.2) is 0 Å². The molecule has 20 heavy (non-hydrogen) atoms. The summed E-state index contributed by atoms with van der Waals surface area (Å²) in [6.07, 6.45) is 2.11. The minimum Gasteiger partial charge on any atom is -0.465 e. The Hall–Kier alpha value is -1.30. The van der Waals surface area contributed by atoms with E-state index in [-0.39, 0.29) is 24.1 Å². The van der Waals surface area contributed by atoms with E-state index in [2.05, 4.69) is 5.32 Å². The highest BCUT2D eigenvalue weighted by atomic mass is 16.6. The molecule has 0 aliphatic carbocycles. The molecule has 1 fully saturated rings. The molecule has 0 saturated carbocycles. The zero-order valence-electron chi connectivity index (χ0n) is 12.7. The number of amides is 1. The standard InChI is InChI=1S/C14H26N2O4/c1-4-12(13(17)19-5-2)15-11-7-9-16(10-8-11)14(18)20-6-3/h11-12,15H,4-10H2,1-3H3. The van der Waals surface area contributed by atoms with Gasteiger partial charge in [0.2, 0.25) is 0 Å². The number of hydrogen-bond donors (Lipinski definition) is 1. The molecule has 1 atom stereocenters. The molecule has 1 unspecified atom stereocenters. The van der Waals surface area contributed by atoms with Crippen molar-refractivity contribution < 1.29 is 19.1 Å². The lowest BCUT2D eigenvalue weighted by atomic mass is 10.0. The van der Waals surface area contributed by atoms with E-state index in [4.69, 9.17) is 9.47 Å². The summed E-state index contributed by atoms with van der Waals surface area (Å²) in [6, 6.07) is -0.0101. The van der Waals surface area contributed by atoms with Gasteiger partial charge in [0.25, 0.3) is 0 Å². The smallest absolute Gasteiger partial charge is 0.409 e. The summed E-state index contributed by atoms with van der Waals surface area (Å²) in [5.41, 5.74) is 0. The summed E-state index contributed by atoms with van der Waals surface area (Å²) < 4.78 is 10.0. The Kier molecular flexibility index (Phi) is 7.36. The number of ether oxygens (including phenoxy) is 2. The van der Waals surface area contributed by atoms with Gasteiger partial charge in [-0.2, -0.15) is 0 Å². The Morgan fingerprint density at radius 3 is 2.25 bits per heavy atom. The number of carbonyl (C=O) groups is 2. The molecule has 0 aromatic carbocycles. The maximum Gasteiger partial charge on any atom is 0.409 e. The first kappa shape index (κ1) is 16.8. The second kappa shape index (κ2) is 8.79. The predicted molar refractivity (Wildman–Crippen MR) is 75.5 cm³/mol. The van der Waals surface area contributed by atoms with Gasteiger partial charge in [0.05, 0.1) is 13.2 Å². The van der Waals surface area contributed by atoms with Gasteiger partial charge >= 0.3 is 12.1 Å². The molecule has 1 aliphatic rings. The summed E-state index contributed by atoms with van der Waals surface area (Å²) in [4.78, 5) is 25.0. The van der Waals surface area contributed by atoms with Crippen LogP contribution in [0.5, 0.6) is 0 Å². The minimum atomic E-state index is -0.255. The lowest BCUT2D eigenvalue weighted by Gasteiger charge is -2.33. The van der Waals surface area contributed by atoms with Gasteiger partial charge in [-0.3, -0.25) is 4.79 Å². The van der Waals surface area contributed by atoms with E-state index in [0.29, 0.717) is 32.7 Å². The molecule has 1 heterocycles. The van der Waals surface area contributed by atoms with Gasteiger partial charge in [-0.15, -0.1) is 0 Å². The van der Waals surface area contributed by atoms with Crippen LogP contribution in [0.15, 0.2) is 0 Å². The molecule has 6 nitrogen and oxygen atoms in total. The van der Waals surface area contributed by atoms with Crippen LogP contribution in [0.1, 0.15) is 40.0 Å².